The fourth-order valence-corrected chi connectivity index (χ4v) is 3.39. The molecule has 0 aromatic heterocycles. The molecule has 0 amide bonds. The van der Waals surface area contributed by atoms with Crippen LogP contribution in [0.2, 0.25) is 5.02 Å². The monoisotopic (exact) mass is 360 g/mol. The van der Waals surface area contributed by atoms with Crippen molar-refractivity contribution in [2.24, 2.45) is 0 Å². The summed E-state index contributed by atoms with van der Waals surface area (Å²) >= 11 is 16.2. The molecule has 0 aliphatic rings. The third kappa shape index (κ3) is 2.96. The topological polar surface area (TPSA) is 0 Å². The zero-order valence-corrected chi connectivity index (χ0v) is 13.6. The SMILES string of the molecule is Cc1cc(F)cc(C)c1C(Cl)c1cccc(Br)c1Cl. The van der Waals surface area contributed by atoms with Crippen molar-refractivity contribution in [3.8, 4) is 0 Å². The largest absolute Gasteiger partial charge is 0.207 e. The van der Waals surface area contributed by atoms with E-state index in [2.05, 4.69) is 15.9 Å². The molecule has 19 heavy (non-hydrogen) atoms. The van der Waals surface area contributed by atoms with Gasteiger partial charge in [-0.25, -0.2) is 4.39 Å². The van der Waals surface area contributed by atoms with Gasteiger partial charge in [-0.3, -0.25) is 0 Å². The van der Waals surface area contributed by atoms with Crippen molar-refractivity contribution in [1.29, 1.82) is 0 Å². The number of benzene rings is 2. The van der Waals surface area contributed by atoms with Crippen LogP contribution in [0.5, 0.6) is 0 Å². The summed E-state index contributed by atoms with van der Waals surface area (Å²) in [6, 6.07) is 8.61. The van der Waals surface area contributed by atoms with Gasteiger partial charge in [0.2, 0.25) is 0 Å². The Hall–Kier alpha value is -0.570. The molecule has 2 rings (SSSR count). The number of aryl methyl sites for hydroxylation is 2. The molecule has 1 atom stereocenters. The van der Waals surface area contributed by atoms with E-state index in [1.165, 1.54) is 12.1 Å². The molecule has 0 nitrogen and oxygen atoms in total. The van der Waals surface area contributed by atoms with Crippen LogP contribution >= 0.6 is 39.1 Å². The molecule has 100 valence electrons. The summed E-state index contributed by atoms with van der Waals surface area (Å²) in [6.07, 6.45) is 0. The van der Waals surface area contributed by atoms with E-state index < -0.39 is 5.38 Å². The summed E-state index contributed by atoms with van der Waals surface area (Å²) < 4.78 is 14.1. The van der Waals surface area contributed by atoms with Gasteiger partial charge in [-0.2, -0.15) is 0 Å². The van der Waals surface area contributed by atoms with Gasteiger partial charge >= 0.3 is 0 Å². The summed E-state index contributed by atoms with van der Waals surface area (Å²) in [7, 11) is 0. The Balaban J connectivity index is 2.56. The van der Waals surface area contributed by atoms with Crippen molar-refractivity contribution in [2.45, 2.75) is 19.2 Å². The molecular formula is C15H12BrCl2F. The van der Waals surface area contributed by atoms with Crippen LogP contribution in [0.15, 0.2) is 34.8 Å². The summed E-state index contributed by atoms with van der Waals surface area (Å²) in [5.41, 5.74) is 3.38. The Morgan fingerprint density at radius 3 is 2.32 bits per heavy atom. The Labute approximate surface area is 130 Å². The van der Waals surface area contributed by atoms with Crippen LogP contribution in [-0.2, 0) is 0 Å². The molecule has 0 fully saturated rings. The van der Waals surface area contributed by atoms with Crippen LogP contribution < -0.4 is 0 Å². The Bertz CT molecular complexity index is 603. The zero-order valence-electron chi connectivity index (χ0n) is 10.5. The molecule has 0 spiro atoms. The number of halogens is 4. The Morgan fingerprint density at radius 2 is 1.74 bits per heavy atom. The molecule has 0 saturated carbocycles. The lowest BCUT2D eigenvalue weighted by Crippen LogP contribution is -2.01. The van der Waals surface area contributed by atoms with Gasteiger partial charge in [0, 0.05) is 4.47 Å². The van der Waals surface area contributed by atoms with Crippen molar-refractivity contribution in [2.75, 3.05) is 0 Å². The first-order valence-electron chi connectivity index (χ1n) is 5.76. The summed E-state index contributed by atoms with van der Waals surface area (Å²) in [6.45, 7) is 3.71. The predicted octanol–water partition coefficient (Wildman–Crippen LogP) is 6.19. The van der Waals surface area contributed by atoms with Gasteiger partial charge in [-0.15, -0.1) is 11.6 Å². The maximum atomic E-state index is 13.3. The van der Waals surface area contributed by atoms with Crippen molar-refractivity contribution in [3.05, 3.63) is 67.9 Å². The molecule has 0 bridgehead atoms. The molecule has 4 heteroatoms. The third-order valence-electron chi connectivity index (χ3n) is 3.07. The lowest BCUT2D eigenvalue weighted by Gasteiger charge is -2.18. The highest BCUT2D eigenvalue weighted by molar-refractivity contribution is 9.10. The second kappa shape index (κ2) is 5.82. The van der Waals surface area contributed by atoms with Gasteiger partial charge in [0.25, 0.3) is 0 Å². The molecule has 2 aromatic rings. The minimum Gasteiger partial charge on any atom is -0.207 e. The molecular weight excluding hydrogens is 350 g/mol. The predicted molar refractivity (Wildman–Crippen MR) is 82.7 cm³/mol. The second-order valence-electron chi connectivity index (χ2n) is 4.46. The highest BCUT2D eigenvalue weighted by atomic mass is 79.9. The first-order chi connectivity index (χ1) is 8.91. The molecule has 1 unspecified atom stereocenters. The van der Waals surface area contributed by atoms with Gasteiger partial charge in [-0.05, 0) is 70.2 Å². The number of hydrogen-bond donors (Lipinski definition) is 0. The fraction of sp³-hybridized carbons (Fsp3) is 0.200. The first-order valence-corrected chi connectivity index (χ1v) is 7.37. The highest BCUT2D eigenvalue weighted by Crippen LogP contribution is 2.39. The number of hydrogen-bond acceptors (Lipinski definition) is 0. The molecule has 0 aliphatic carbocycles. The number of rotatable bonds is 2. The Kier molecular flexibility index (Phi) is 4.54. The van der Waals surface area contributed by atoms with Gasteiger partial charge < -0.3 is 0 Å². The standard InChI is InChI=1S/C15H12BrCl2F/c1-8-6-10(19)7-9(2)13(8)15(18)11-4-3-5-12(16)14(11)17/h3-7,15H,1-2H3. The zero-order chi connectivity index (χ0) is 14.2. The quantitative estimate of drug-likeness (QED) is 0.559. The second-order valence-corrected chi connectivity index (χ2v) is 6.13. The normalized spacial score (nSPS) is 12.5. The molecule has 0 N–H and O–H groups in total. The Morgan fingerprint density at radius 1 is 1.16 bits per heavy atom. The maximum Gasteiger partial charge on any atom is 0.123 e. The molecule has 0 saturated heterocycles. The van der Waals surface area contributed by atoms with E-state index in [1.54, 1.807) is 0 Å². The lowest BCUT2D eigenvalue weighted by molar-refractivity contribution is 0.624. The van der Waals surface area contributed by atoms with E-state index in [1.807, 2.05) is 32.0 Å². The summed E-state index contributed by atoms with van der Waals surface area (Å²) in [5.74, 6) is -0.247. The molecule has 0 aliphatic heterocycles. The smallest absolute Gasteiger partial charge is 0.123 e. The van der Waals surface area contributed by atoms with Gasteiger partial charge in [0.15, 0.2) is 0 Å². The molecule has 0 heterocycles. The maximum absolute atomic E-state index is 13.3. The average molecular weight is 362 g/mol. The van der Waals surface area contributed by atoms with Crippen LogP contribution in [0.4, 0.5) is 4.39 Å². The summed E-state index contributed by atoms with van der Waals surface area (Å²) in [5, 5.41) is 0.191. The van der Waals surface area contributed by atoms with E-state index in [4.69, 9.17) is 23.2 Å². The van der Waals surface area contributed by atoms with E-state index >= 15 is 0 Å². The van der Waals surface area contributed by atoms with E-state index in [-0.39, 0.29) is 5.82 Å². The average Bonchev–Trinajstić information content (AvgIpc) is 2.31. The number of alkyl halides is 1. The van der Waals surface area contributed by atoms with Gasteiger partial charge in [0.1, 0.15) is 5.82 Å². The lowest BCUT2D eigenvalue weighted by atomic mass is 9.95. The minimum absolute atomic E-state index is 0.247. The first kappa shape index (κ1) is 14.8. The van der Waals surface area contributed by atoms with Crippen LogP contribution in [-0.4, -0.2) is 0 Å². The van der Waals surface area contributed by atoms with Gasteiger partial charge in [-0.1, -0.05) is 23.7 Å². The minimum atomic E-state index is -0.398. The molecule has 2 aromatic carbocycles. The van der Waals surface area contributed by atoms with Crippen molar-refractivity contribution in [3.63, 3.8) is 0 Å². The van der Waals surface area contributed by atoms with Crippen LogP contribution in [0.25, 0.3) is 0 Å². The van der Waals surface area contributed by atoms with Crippen LogP contribution in [0.3, 0.4) is 0 Å². The third-order valence-corrected chi connectivity index (χ3v) is 4.83. The van der Waals surface area contributed by atoms with Crippen molar-refractivity contribution >= 4 is 39.1 Å². The van der Waals surface area contributed by atoms with Crippen molar-refractivity contribution in [1.82, 2.24) is 0 Å². The van der Waals surface area contributed by atoms with E-state index in [0.717, 1.165) is 26.7 Å². The molecule has 0 radical (unpaired) electrons. The van der Waals surface area contributed by atoms with Crippen LogP contribution in [0, 0.1) is 19.7 Å². The van der Waals surface area contributed by atoms with E-state index in [0.29, 0.717) is 5.02 Å². The van der Waals surface area contributed by atoms with Gasteiger partial charge in [0.05, 0.1) is 10.4 Å². The van der Waals surface area contributed by atoms with E-state index in [9.17, 15) is 4.39 Å². The highest BCUT2D eigenvalue weighted by Gasteiger charge is 2.19. The fourth-order valence-electron chi connectivity index (χ4n) is 2.19. The van der Waals surface area contributed by atoms with Crippen LogP contribution in [0.1, 0.15) is 27.6 Å². The summed E-state index contributed by atoms with van der Waals surface area (Å²) in [4.78, 5) is 0. The van der Waals surface area contributed by atoms with Crippen molar-refractivity contribution < 1.29 is 4.39 Å².